The lowest BCUT2D eigenvalue weighted by atomic mass is 9.72. The summed E-state index contributed by atoms with van der Waals surface area (Å²) in [5.74, 6) is 0. The van der Waals surface area contributed by atoms with Gasteiger partial charge in [0.15, 0.2) is 0 Å². The van der Waals surface area contributed by atoms with Crippen LogP contribution in [0.25, 0.3) is 0 Å². The lowest BCUT2D eigenvalue weighted by molar-refractivity contribution is 0.0321. The Morgan fingerprint density at radius 1 is 1.00 bits per heavy atom. The molecule has 2 aliphatic rings. The molecule has 2 rings (SSSR count). The normalized spacial score (nSPS) is 27.5. The van der Waals surface area contributed by atoms with Gasteiger partial charge in [-0.3, -0.25) is 4.90 Å². The molecule has 100 valence electrons. The standard InChI is InChI=1S/C15H30N2/c1-14(2,3)13(16-4)15(9-5-6-10-15)17-11-7-8-12-17/h13,16H,5-12H2,1-4H3. The third-order valence-electron chi connectivity index (χ3n) is 4.90. The van der Waals surface area contributed by atoms with Gasteiger partial charge in [-0.15, -0.1) is 0 Å². The number of likely N-dealkylation sites (N-methyl/N-ethyl adjacent to an activating group) is 1. The third-order valence-corrected chi connectivity index (χ3v) is 4.90. The van der Waals surface area contributed by atoms with Crippen molar-refractivity contribution in [3.05, 3.63) is 0 Å². The van der Waals surface area contributed by atoms with Crippen LogP contribution in [-0.2, 0) is 0 Å². The molecule has 0 aromatic carbocycles. The Hall–Kier alpha value is -0.0800. The molecule has 1 aliphatic heterocycles. The van der Waals surface area contributed by atoms with Crippen molar-refractivity contribution < 1.29 is 0 Å². The minimum Gasteiger partial charge on any atom is -0.315 e. The SMILES string of the molecule is CNC(C(C)(C)C)C1(N2CCCC2)CCCC1. The van der Waals surface area contributed by atoms with Gasteiger partial charge in [-0.25, -0.2) is 0 Å². The average Bonchev–Trinajstić information content (AvgIpc) is 2.86. The molecule has 0 bridgehead atoms. The van der Waals surface area contributed by atoms with Crippen LogP contribution in [0.2, 0.25) is 0 Å². The molecule has 1 heterocycles. The van der Waals surface area contributed by atoms with Crippen molar-refractivity contribution in [1.82, 2.24) is 10.2 Å². The van der Waals surface area contributed by atoms with Crippen molar-refractivity contribution in [3.63, 3.8) is 0 Å². The monoisotopic (exact) mass is 238 g/mol. The highest BCUT2D eigenvalue weighted by Crippen LogP contribution is 2.44. The predicted molar refractivity (Wildman–Crippen MR) is 74.3 cm³/mol. The minimum atomic E-state index is 0.349. The van der Waals surface area contributed by atoms with Crippen molar-refractivity contribution in [2.45, 2.75) is 70.9 Å². The molecule has 0 spiro atoms. The van der Waals surface area contributed by atoms with Gasteiger partial charge in [-0.05, 0) is 51.2 Å². The highest BCUT2D eigenvalue weighted by Gasteiger charge is 2.49. The molecule has 2 nitrogen and oxygen atoms in total. The minimum absolute atomic E-state index is 0.349. The summed E-state index contributed by atoms with van der Waals surface area (Å²) in [7, 11) is 2.16. The molecule has 17 heavy (non-hydrogen) atoms. The molecular formula is C15H30N2. The fourth-order valence-electron chi connectivity index (χ4n) is 4.44. The molecule has 0 aromatic heterocycles. The summed E-state index contributed by atoms with van der Waals surface area (Å²) in [6.07, 6.45) is 8.45. The van der Waals surface area contributed by atoms with Crippen molar-refractivity contribution in [1.29, 1.82) is 0 Å². The van der Waals surface area contributed by atoms with Crippen LogP contribution in [0, 0.1) is 5.41 Å². The van der Waals surface area contributed by atoms with Gasteiger partial charge in [0.2, 0.25) is 0 Å². The number of likely N-dealkylation sites (tertiary alicyclic amines) is 1. The van der Waals surface area contributed by atoms with Crippen LogP contribution < -0.4 is 5.32 Å². The van der Waals surface area contributed by atoms with Crippen LogP contribution in [0.1, 0.15) is 59.3 Å². The van der Waals surface area contributed by atoms with Crippen LogP contribution in [0.5, 0.6) is 0 Å². The molecule has 1 saturated heterocycles. The van der Waals surface area contributed by atoms with E-state index in [1.54, 1.807) is 0 Å². The van der Waals surface area contributed by atoms with Gasteiger partial charge in [-0.2, -0.15) is 0 Å². The Kier molecular flexibility index (Phi) is 3.84. The maximum atomic E-state index is 3.66. The van der Waals surface area contributed by atoms with Gasteiger partial charge >= 0.3 is 0 Å². The van der Waals surface area contributed by atoms with E-state index < -0.39 is 0 Å². The zero-order valence-electron chi connectivity index (χ0n) is 12.2. The van der Waals surface area contributed by atoms with Gasteiger partial charge in [-0.1, -0.05) is 33.6 Å². The summed E-state index contributed by atoms with van der Waals surface area (Å²) in [4.78, 5) is 2.81. The fraction of sp³-hybridized carbons (Fsp3) is 1.00. The second kappa shape index (κ2) is 4.89. The molecule has 2 fully saturated rings. The molecule has 1 atom stereocenters. The summed E-state index contributed by atoms with van der Waals surface area (Å²) in [6.45, 7) is 9.83. The summed E-state index contributed by atoms with van der Waals surface area (Å²) in [5.41, 5.74) is 0.797. The van der Waals surface area contributed by atoms with Crippen molar-refractivity contribution >= 4 is 0 Å². The molecule has 1 aliphatic carbocycles. The van der Waals surface area contributed by atoms with Gasteiger partial charge in [0, 0.05) is 11.6 Å². The van der Waals surface area contributed by atoms with E-state index in [1.807, 2.05) is 0 Å². The number of hydrogen-bond donors (Lipinski definition) is 1. The summed E-state index contributed by atoms with van der Waals surface area (Å²) in [5, 5.41) is 3.66. The average molecular weight is 238 g/mol. The van der Waals surface area contributed by atoms with Crippen LogP contribution in [0.4, 0.5) is 0 Å². The predicted octanol–water partition coefficient (Wildman–Crippen LogP) is 3.03. The van der Waals surface area contributed by atoms with Crippen LogP contribution in [-0.4, -0.2) is 36.6 Å². The van der Waals surface area contributed by atoms with Crippen LogP contribution in [0.3, 0.4) is 0 Å². The molecule has 0 radical (unpaired) electrons. The molecule has 1 N–H and O–H groups in total. The van der Waals surface area contributed by atoms with E-state index in [2.05, 4.69) is 38.0 Å². The number of nitrogens with zero attached hydrogens (tertiary/aromatic N) is 1. The Labute approximate surface area is 107 Å². The first kappa shape index (κ1) is 13.4. The van der Waals surface area contributed by atoms with Crippen LogP contribution in [0.15, 0.2) is 0 Å². The van der Waals surface area contributed by atoms with Crippen LogP contribution >= 0.6 is 0 Å². The fourth-order valence-corrected chi connectivity index (χ4v) is 4.44. The van der Waals surface area contributed by atoms with Gasteiger partial charge in [0.25, 0.3) is 0 Å². The van der Waals surface area contributed by atoms with Gasteiger partial charge < -0.3 is 5.32 Å². The van der Waals surface area contributed by atoms with E-state index in [9.17, 15) is 0 Å². The Bertz CT molecular complexity index is 242. The van der Waals surface area contributed by atoms with E-state index in [0.29, 0.717) is 17.0 Å². The maximum absolute atomic E-state index is 3.66. The van der Waals surface area contributed by atoms with E-state index >= 15 is 0 Å². The zero-order chi connectivity index (χ0) is 12.5. The zero-order valence-corrected chi connectivity index (χ0v) is 12.2. The molecular weight excluding hydrogens is 208 g/mol. The second-order valence-corrected chi connectivity index (χ2v) is 7.09. The molecule has 1 saturated carbocycles. The Balaban J connectivity index is 2.25. The number of hydrogen-bond acceptors (Lipinski definition) is 2. The first-order valence-corrected chi connectivity index (χ1v) is 7.43. The third kappa shape index (κ3) is 2.39. The van der Waals surface area contributed by atoms with Gasteiger partial charge in [0.1, 0.15) is 0 Å². The highest BCUT2D eigenvalue weighted by atomic mass is 15.2. The maximum Gasteiger partial charge on any atom is 0.0367 e. The number of nitrogens with one attached hydrogen (secondary N) is 1. The lowest BCUT2D eigenvalue weighted by Gasteiger charge is -2.50. The van der Waals surface area contributed by atoms with Crippen molar-refractivity contribution in [2.24, 2.45) is 5.41 Å². The Morgan fingerprint density at radius 3 is 1.94 bits per heavy atom. The van der Waals surface area contributed by atoms with E-state index in [0.717, 1.165) is 0 Å². The number of rotatable bonds is 3. The Morgan fingerprint density at radius 2 is 1.53 bits per heavy atom. The first-order chi connectivity index (χ1) is 8.00. The second-order valence-electron chi connectivity index (χ2n) is 7.09. The summed E-state index contributed by atoms with van der Waals surface area (Å²) < 4.78 is 0. The summed E-state index contributed by atoms with van der Waals surface area (Å²) >= 11 is 0. The molecule has 1 unspecified atom stereocenters. The molecule has 0 amide bonds. The highest BCUT2D eigenvalue weighted by molar-refractivity contribution is 5.08. The smallest absolute Gasteiger partial charge is 0.0367 e. The largest absolute Gasteiger partial charge is 0.315 e. The summed E-state index contributed by atoms with van der Waals surface area (Å²) in [6, 6.07) is 0.621. The van der Waals surface area contributed by atoms with Crippen molar-refractivity contribution in [3.8, 4) is 0 Å². The van der Waals surface area contributed by atoms with E-state index in [-0.39, 0.29) is 0 Å². The lowest BCUT2D eigenvalue weighted by Crippen LogP contribution is -2.63. The quantitative estimate of drug-likeness (QED) is 0.813. The molecule has 0 aromatic rings. The van der Waals surface area contributed by atoms with E-state index in [1.165, 1.54) is 51.6 Å². The first-order valence-electron chi connectivity index (χ1n) is 7.43. The topological polar surface area (TPSA) is 15.3 Å². The van der Waals surface area contributed by atoms with Crippen molar-refractivity contribution in [2.75, 3.05) is 20.1 Å². The molecule has 2 heteroatoms. The van der Waals surface area contributed by atoms with Gasteiger partial charge in [0.05, 0.1) is 0 Å². The van der Waals surface area contributed by atoms with E-state index in [4.69, 9.17) is 0 Å².